The van der Waals surface area contributed by atoms with Gasteiger partial charge >= 0.3 is 12.2 Å². The Morgan fingerprint density at radius 1 is 0.842 bits per heavy atom. The quantitative estimate of drug-likeness (QED) is 0.120. The van der Waals surface area contributed by atoms with Crippen molar-refractivity contribution in [1.29, 1.82) is 0 Å². The number of amides is 4. The van der Waals surface area contributed by atoms with Crippen LogP contribution in [-0.4, -0.2) is 86.7 Å². The summed E-state index contributed by atoms with van der Waals surface area (Å²) in [4.78, 5) is 69.7. The highest BCUT2D eigenvalue weighted by atomic mass is 35.5. The number of likely N-dealkylation sites (tertiary alicyclic amines) is 1. The average molecular weight is 799 g/mol. The maximum absolute atomic E-state index is 13.9. The van der Waals surface area contributed by atoms with Gasteiger partial charge in [-0.1, -0.05) is 61.8 Å². The Morgan fingerprint density at radius 2 is 1.49 bits per heavy atom. The summed E-state index contributed by atoms with van der Waals surface area (Å²) in [7, 11) is 2.57. The predicted octanol–water partition coefficient (Wildman–Crippen LogP) is 7.47. The molecular weight excluding hydrogens is 748 g/mol. The first-order valence-corrected chi connectivity index (χ1v) is 20.1. The molecule has 302 valence electrons. The molecule has 2 bridgehead atoms. The average Bonchev–Trinajstić information content (AvgIpc) is 4.06. The van der Waals surface area contributed by atoms with Gasteiger partial charge in [0.1, 0.15) is 17.7 Å². The summed E-state index contributed by atoms with van der Waals surface area (Å²) in [5, 5.41) is 4.65. The van der Waals surface area contributed by atoms with E-state index in [-0.39, 0.29) is 47.6 Å². The van der Waals surface area contributed by atoms with Crippen molar-refractivity contribution in [3.63, 3.8) is 0 Å². The number of hydrazine groups is 1. The number of methoxy groups -OCH3 is 2. The van der Waals surface area contributed by atoms with Gasteiger partial charge in [0.15, 0.2) is 0 Å². The van der Waals surface area contributed by atoms with Gasteiger partial charge in [0.25, 0.3) is 0 Å². The monoisotopic (exact) mass is 798 g/mol. The number of benzene rings is 2. The van der Waals surface area contributed by atoms with Crippen LogP contribution < -0.4 is 10.7 Å². The lowest BCUT2D eigenvalue weighted by Gasteiger charge is -2.35. The summed E-state index contributed by atoms with van der Waals surface area (Å²) < 4.78 is 9.54. The molecule has 2 aromatic heterocycles. The maximum atomic E-state index is 13.9. The minimum Gasteiger partial charge on any atom is -0.453 e. The molecule has 1 aliphatic heterocycles. The van der Waals surface area contributed by atoms with Crippen LogP contribution >= 0.6 is 11.6 Å². The van der Waals surface area contributed by atoms with Crippen LogP contribution in [0.5, 0.6) is 0 Å². The molecular formula is C42H51ClN8O6. The summed E-state index contributed by atoms with van der Waals surface area (Å²) in [6.07, 6.45) is 6.85. The fourth-order valence-electron chi connectivity index (χ4n) is 9.03. The molecule has 0 spiro atoms. The highest BCUT2D eigenvalue weighted by Crippen LogP contribution is 2.56. The lowest BCUT2D eigenvalue weighted by molar-refractivity contribution is -0.143. The Balaban J connectivity index is 1.04. The number of hydrogen-bond acceptors (Lipinski definition) is 8. The Hall–Kier alpha value is -5.37. The van der Waals surface area contributed by atoms with E-state index in [9.17, 15) is 19.2 Å². The molecule has 7 rings (SSSR count). The third-order valence-corrected chi connectivity index (χ3v) is 12.2. The predicted molar refractivity (Wildman–Crippen MR) is 214 cm³/mol. The molecule has 3 fully saturated rings. The number of nitrogens with zero attached hydrogens (tertiary/aromatic N) is 4. The van der Waals surface area contributed by atoms with E-state index in [0.717, 1.165) is 71.6 Å². The van der Waals surface area contributed by atoms with E-state index < -0.39 is 18.2 Å². The SMILES string of the molecule is COC(=O)NC(C(=O)N1CCC[C@H]1c1ncc(-c2ccc(-c3ccc(-c4cnc([C@H]5C6CCC(C6)[C@@H]5C(=O)N(NC(=O)OC)C(C)C)[nH]4)cc3)cc2Cl)[nH]1)C(C)C. The molecule has 6 atom stereocenters. The number of alkyl carbamates (subject to hydrolysis) is 1. The fraction of sp³-hybridized carbons (Fsp3) is 0.476. The van der Waals surface area contributed by atoms with Gasteiger partial charge in [-0.15, -0.1) is 0 Å². The minimum absolute atomic E-state index is 0.0660. The lowest BCUT2D eigenvalue weighted by atomic mass is 9.78. The van der Waals surface area contributed by atoms with Crippen LogP contribution in [-0.2, 0) is 19.1 Å². The molecule has 3 unspecified atom stereocenters. The number of carbonyl (C=O) groups is 4. The van der Waals surface area contributed by atoms with Gasteiger partial charge in [-0.2, -0.15) is 0 Å². The van der Waals surface area contributed by atoms with Crippen LogP contribution in [0, 0.1) is 23.7 Å². The van der Waals surface area contributed by atoms with E-state index >= 15 is 0 Å². The molecule has 4 aromatic rings. The molecule has 2 saturated carbocycles. The van der Waals surface area contributed by atoms with Gasteiger partial charge < -0.3 is 29.7 Å². The molecule has 57 heavy (non-hydrogen) atoms. The van der Waals surface area contributed by atoms with Crippen molar-refractivity contribution in [3.8, 4) is 33.6 Å². The van der Waals surface area contributed by atoms with Crippen molar-refractivity contribution in [2.45, 2.75) is 83.8 Å². The zero-order valence-electron chi connectivity index (χ0n) is 33.2. The van der Waals surface area contributed by atoms with Crippen LogP contribution in [0.25, 0.3) is 33.6 Å². The van der Waals surface area contributed by atoms with E-state index in [2.05, 4.69) is 25.7 Å². The molecule has 2 aromatic carbocycles. The van der Waals surface area contributed by atoms with Gasteiger partial charge in [0.05, 0.1) is 55.0 Å². The number of H-pyrrole nitrogens is 2. The minimum atomic E-state index is -0.710. The third kappa shape index (κ3) is 7.96. The Bertz CT molecular complexity index is 2110. The molecule has 4 N–H and O–H groups in total. The Kier molecular flexibility index (Phi) is 11.6. The summed E-state index contributed by atoms with van der Waals surface area (Å²) in [5.74, 6) is 1.31. The number of rotatable bonds is 10. The molecule has 14 nitrogen and oxygen atoms in total. The number of aromatic amines is 2. The van der Waals surface area contributed by atoms with Crippen LogP contribution in [0.3, 0.4) is 0 Å². The second-order valence-electron chi connectivity index (χ2n) is 16.0. The van der Waals surface area contributed by atoms with Gasteiger partial charge in [-0.3, -0.25) is 9.59 Å². The molecule has 4 amide bonds. The lowest BCUT2D eigenvalue weighted by Crippen LogP contribution is -2.53. The fourth-order valence-corrected chi connectivity index (χ4v) is 9.31. The summed E-state index contributed by atoms with van der Waals surface area (Å²) in [6, 6.07) is 12.9. The number of aromatic nitrogens is 4. The van der Waals surface area contributed by atoms with Crippen molar-refractivity contribution < 1.29 is 28.7 Å². The van der Waals surface area contributed by atoms with Gasteiger partial charge in [-0.25, -0.2) is 30.0 Å². The topological polar surface area (TPSA) is 175 Å². The van der Waals surface area contributed by atoms with Crippen LogP contribution in [0.2, 0.25) is 5.02 Å². The summed E-state index contributed by atoms with van der Waals surface area (Å²) in [5.41, 5.74) is 7.93. The van der Waals surface area contributed by atoms with Crippen molar-refractivity contribution in [3.05, 3.63) is 71.5 Å². The zero-order valence-corrected chi connectivity index (χ0v) is 33.9. The third-order valence-electron chi connectivity index (χ3n) is 11.9. The van der Waals surface area contributed by atoms with Crippen LogP contribution in [0.1, 0.15) is 83.4 Å². The van der Waals surface area contributed by atoms with Crippen molar-refractivity contribution in [1.82, 2.24) is 40.6 Å². The number of carbonyl (C=O) groups excluding carboxylic acids is 4. The number of fused-ring (bicyclic) bond motifs is 2. The van der Waals surface area contributed by atoms with E-state index in [1.807, 2.05) is 76.4 Å². The Morgan fingerprint density at radius 3 is 2.18 bits per heavy atom. The molecule has 15 heteroatoms. The standard InChI is InChI=1S/C42H51ClN8O6/c1-22(2)36(48-41(54)56-5)40(53)50-17-7-8-33(50)37-44-21-32(47-37)29-16-15-26(19-30(29)43)24-9-11-25(12-10-24)31-20-45-38(46-31)34-27-13-14-28(18-27)35(34)39(52)51(23(3)4)49-42(55)57-6/h9-12,15-16,19-23,27-28,33-36H,7-8,13-14,17-18H2,1-6H3,(H,44,47)(H,45,46)(H,48,54)(H,49,55)/t27?,28?,33-,34-,35-,36?/m0/s1. The highest BCUT2D eigenvalue weighted by Gasteiger charge is 2.54. The molecule has 3 aliphatic rings. The molecule has 3 heterocycles. The number of halogens is 1. The van der Waals surface area contributed by atoms with Crippen LogP contribution in [0.4, 0.5) is 9.59 Å². The largest absolute Gasteiger partial charge is 0.453 e. The van der Waals surface area contributed by atoms with Gasteiger partial charge in [-0.05, 0) is 86.5 Å². The van der Waals surface area contributed by atoms with Gasteiger partial charge in [0, 0.05) is 24.1 Å². The van der Waals surface area contributed by atoms with E-state index in [0.29, 0.717) is 23.3 Å². The first-order valence-electron chi connectivity index (χ1n) is 19.7. The summed E-state index contributed by atoms with van der Waals surface area (Å²) >= 11 is 6.89. The van der Waals surface area contributed by atoms with E-state index in [1.165, 1.54) is 19.2 Å². The van der Waals surface area contributed by atoms with Crippen molar-refractivity contribution >= 4 is 35.6 Å². The number of ether oxygens (including phenoxy) is 2. The van der Waals surface area contributed by atoms with Gasteiger partial charge in [0.2, 0.25) is 11.8 Å². The Labute approximate surface area is 337 Å². The summed E-state index contributed by atoms with van der Waals surface area (Å²) in [6.45, 7) is 8.09. The van der Waals surface area contributed by atoms with E-state index in [4.69, 9.17) is 26.1 Å². The molecule has 2 aliphatic carbocycles. The number of nitrogens with one attached hydrogen (secondary N) is 4. The maximum Gasteiger partial charge on any atom is 0.425 e. The normalized spacial score (nSPS) is 21.8. The second kappa shape index (κ2) is 16.6. The highest BCUT2D eigenvalue weighted by molar-refractivity contribution is 6.33. The van der Waals surface area contributed by atoms with Crippen molar-refractivity contribution in [2.24, 2.45) is 23.7 Å². The molecule has 1 saturated heterocycles. The zero-order chi connectivity index (χ0) is 40.5. The number of imidazole rings is 2. The van der Waals surface area contributed by atoms with E-state index in [1.54, 1.807) is 11.1 Å². The van der Waals surface area contributed by atoms with Crippen LogP contribution in [0.15, 0.2) is 54.9 Å². The first-order chi connectivity index (χ1) is 27.4. The number of hydrogen-bond donors (Lipinski definition) is 4. The first kappa shape index (κ1) is 39.8. The molecule has 0 radical (unpaired) electrons. The smallest absolute Gasteiger partial charge is 0.425 e. The second-order valence-corrected chi connectivity index (χ2v) is 16.4. The van der Waals surface area contributed by atoms with Crippen molar-refractivity contribution in [2.75, 3.05) is 20.8 Å².